The van der Waals surface area contributed by atoms with Crippen LogP contribution in [0.15, 0.2) is 81.4 Å². The Morgan fingerprint density at radius 2 is 1.77 bits per heavy atom. The quantitative estimate of drug-likeness (QED) is 0.322. The molecule has 7 nitrogen and oxygen atoms in total. The molecule has 4 rings (SSSR count). The molecule has 3 aromatic carbocycles. The van der Waals surface area contributed by atoms with E-state index in [0.717, 1.165) is 21.0 Å². The van der Waals surface area contributed by atoms with Gasteiger partial charge < -0.3 is 5.11 Å². The van der Waals surface area contributed by atoms with Gasteiger partial charge in [-0.25, -0.2) is 9.36 Å². The molecule has 0 radical (unpaired) electrons. The van der Waals surface area contributed by atoms with Crippen LogP contribution in [0, 0.1) is 0 Å². The van der Waals surface area contributed by atoms with Crippen molar-refractivity contribution in [1.82, 2.24) is 9.55 Å². The van der Waals surface area contributed by atoms with Crippen molar-refractivity contribution in [3.63, 3.8) is 0 Å². The molecule has 0 aliphatic carbocycles. The van der Waals surface area contributed by atoms with E-state index in [4.69, 9.17) is 11.6 Å². The van der Waals surface area contributed by atoms with Crippen LogP contribution in [0.25, 0.3) is 16.5 Å². The number of anilines is 1. The first-order valence-corrected chi connectivity index (χ1v) is 10.0. The highest BCUT2D eigenvalue weighted by Crippen LogP contribution is 2.24. The van der Waals surface area contributed by atoms with E-state index < -0.39 is 17.1 Å². The predicted octanol–water partition coefficient (Wildman–Crippen LogP) is 4.26. The van der Waals surface area contributed by atoms with Crippen LogP contribution in [0.1, 0.15) is 18.9 Å². The van der Waals surface area contributed by atoms with Crippen molar-refractivity contribution >= 4 is 33.8 Å². The third kappa shape index (κ3) is 3.95. The summed E-state index contributed by atoms with van der Waals surface area (Å²) < 4.78 is 1.01. The maximum Gasteiger partial charge on any atom is 0.335 e. The number of benzene rings is 3. The molecule has 0 atom stereocenters. The van der Waals surface area contributed by atoms with Crippen molar-refractivity contribution < 1.29 is 5.11 Å². The Morgan fingerprint density at radius 3 is 2.52 bits per heavy atom. The average molecular weight is 435 g/mol. The van der Waals surface area contributed by atoms with Gasteiger partial charge in [-0.2, -0.15) is 5.10 Å². The van der Waals surface area contributed by atoms with Crippen LogP contribution in [0.5, 0.6) is 5.88 Å². The number of H-pyrrole nitrogens is 1. The summed E-state index contributed by atoms with van der Waals surface area (Å²) in [5.74, 6) is -0.489. The van der Waals surface area contributed by atoms with Gasteiger partial charge in [-0.3, -0.25) is 15.2 Å². The molecule has 0 saturated heterocycles. The standard InChI is InChI=1S/C23H19ClN4O3/c1-2-18(26-27-19-9-5-7-14-6-3-4-8-17(14)19)20-21(29)25-23(31)28(22(20)30)16-12-10-15(24)11-13-16/h3-13,27,30H,2H2,1H3,(H,25,29,31). The number of aromatic hydroxyl groups is 1. The number of hydrogen-bond donors (Lipinski definition) is 3. The Kier molecular flexibility index (Phi) is 5.60. The van der Waals surface area contributed by atoms with E-state index in [-0.39, 0.29) is 5.56 Å². The van der Waals surface area contributed by atoms with Crippen molar-refractivity contribution in [2.45, 2.75) is 13.3 Å². The lowest BCUT2D eigenvalue weighted by molar-refractivity contribution is 0.429. The number of fused-ring (bicyclic) bond motifs is 1. The minimum Gasteiger partial charge on any atom is -0.493 e. The lowest BCUT2D eigenvalue weighted by Crippen LogP contribution is -2.33. The SMILES string of the molecule is CCC(=NNc1cccc2ccccc12)c1c(O)n(-c2ccc(Cl)cc2)c(=O)[nH]c1=O. The molecule has 1 aromatic heterocycles. The number of halogens is 1. The van der Waals surface area contributed by atoms with Gasteiger partial charge in [0.15, 0.2) is 0 Å². The van der Waals surface area contributed by atoms with Crippen molar-refractivity contribution in [2.24, 2.45) is 5.10 Å². The van der Waals surface area contributed by atoms with E-state index >= 15 is 0 Å². The second kappa shape index (κ2) is 8.49. The summed E-state index contributed by atoms with van der Waals surface area (Å²) in [4.78, 5) is 27.2. The van der Waals surface area contributed by atoms with Gasteiger partial charge in [0.2, 0.25) is 5.88 Å². The molecule has 1 heterocycles. The molecule has 0 amide bonds. The summed E-state index contributed by atoms with van der Waals surface area (Å²) >= 11 is 5.91. The number of rotatable bonds is 5. The molecule has 4 aromatic rings. The van der Waals surface area contributed by atoms with Crippen molar-refractivity contribution in [3.8, 4) is 11.6 Å². The Balaban J connectivity index is 1.81. The van der Waals surface area contributed by atoms with Gasteiger partial charge in [0.25, 0.3) is 5.56 Å². The third-order valence-electron chi connectivity index (χ3n) is 4.90. The molecule has 3 N–H and O–H groups in total. The number of hydrazone groups is 1. The smallest absolute Gasteiger partial charge is 0.335 e. The van der Waals surface area contributed by atoms with Gasteiger partial charge in [0.05, 0.1) is 17.1 Å². The zero-order valence-electron chi connectivity index (χ0n) is 16.6. The Labute approximate surface area is 182 Å². The maximum absolute atomic E-state index is 12.6. The van der Waals surface area contributed by atoms with Gasteiger partial charge in [-0.15, -0.1) is 0 Å². The number of aromatic amines is 1. The van der Waals surface area contributed by atoms with Crippen LogP contribution >= 0.6 is 11.6 Å². The van der Waals surface area contributed by atoms with Crippen molar-refractivity contribution in [2.75, 3.05) is 5.43 Å². The summed E-state index contributed by atoms with van der Waals surface area (Å²) in [5.41, 5.74) is 2.86. The molecular weight excluding hydrogens is 416 g/mol. The van der Waals surface area contributed by atoms with Gasteiger partial charge >= 0.3 is 5.69 Å². The first kappa shape index (κ1) is 20.4. The number of aromatic nitrogens is 2. The molecule has 0 bridgehead atoms. The fourth-order valence-electron chi connectivity index (χ4n) is 3.38. The molecule has 0 aliphatic heterocycles. The fraction of sp³-hybridized carbons (Fsp3) is 0.0870. The Hall–Kier alpha value is -3.84. The van der Waals surface area contributed by atoms with E-state index in [1.54, 1.807) is 31.2 Å². The highest BCUT2D eigenvalue weighted by Gasteiger charge is 2.19. The lowest BCUT2D eigenvalue weighted by Gasteiger charge is -2.13. The summed E-state index contributed by atoms with van der Waals surface area (Å²) in [7, 11) is 0. The molecular formula is C23H19ClN4O3. The highest BCUT2D eigenvalue weighted by molar-refractivity contribution is 6.30. The van der Waals surface area contributed by atoms with E-state index in [1.165, 1.54) is 0 Å². The molecule has 0 unspecified atom stereocenters. The first-order chi connectivity index (χ1) is 15.0. The average Bonchev–Trinajstić information content (AvgIpc) is 2.77. The normalized spacial score (nSPS) is 11.6. The minimum absolute atomic E-state index is 0.0789. The predicted molar refractivity (Wildman–Crippen MR) is 124 cm³/mol. The first-order valence-electron chi connectivity index (χ1n) is 9.64. The van der Waals surface area contributed by atoms with Gasteiger partial charge in [-0.1, -0.05) is 54.9 Å². The van der Waals surface area contributed by atoms with Gasteiger partial charge in [0, 0.05) is 10.4 Å². The van der Waals surface area contributed by atoms with E-state index in [0.29, 0.717) is 22.8 Å². The molecule has 0 saturated carbocycles. The topological polar surface area (TPSA) is 99.5 Å². The van der Waals surface area contributed by atoms with Crippen LogP contribution in [0.3, 0.4) is 0 Å². The van der Waals surface area contributed by atoms with Crippen molar-refractivity contribution in [1.29, 1.82) is 0 Å². The Bertz CT molecular complexity index is 1400. The molecule has 31 heavy (non-hydrogen) atoms. The zero-order chi connectivity index (χ0) is 22.0. The molecule has 156 valence electrons. The van der Waals surface area contributed by atoms with Crippen LogP contribution in [0.4, 0.5) is 5.69 Å². The summed E-state index contributed by atoms with van der Waals surface area (Å²) in [6.45, 7) is 1.81. The highest BCUT2D eigenvalue weighted by atomic mass is 35.5. The second-order valence-electron chi connectivity index (χ2n) is 6.82. The third-order valence-corrected chi connectivity index (χ3v) is 5.15. The maximum atomic E-state index is 12.6. The molecule has 0 spiro atoms. The summed E-state index contributed by atoms with van der Waals surface area (Å²) in [6, 6.07) is 19.9. The second-order valence-corrected chi connectivity index (χ2v) is 7.26. The minimum atomic E-state index is -0.758. The van der Waals surface area contributed by atoms with Crippen LogP contribution in [-0.4, -0.2) is 20.4 Å². The number of hydrogen-bond acceptors (Lipinski definition) is 5. The molecule has 8 heteroatoms. The largest absolute Gasteiger partial charge is 0.493 e. The fourth-order valence-corrected chi connectivity index (χ4v) is 3.50. The Morgan fingerprint density at radius 1 is 1.06 bits per heavy atom. The van der Waals surface area contributed by atoms with Crippen LogP contribution in [0.2, 0.25) is 5.02 Å². The number of nitrogens with one attached hydrogen (secondary N) is 2. The van der Waals surface area contributed by atoms with Crippen LogP contribution in [-0.2, 0) is 0 Å². The van der Waals surface area contributed by atoms with Crippen LogP contribution < -0.4 is 16.7 Å². The zero-order valence-corrected chi connectivity index (χ0v) is 17.3. The van der Waals surface area contributed by atoms with E-state index in [2.05, 4.69) is 15.5 Å². The van der Waals surface area contributed by atoms with Gasteiger partial charge in [-0.05, 0) is 42.1 Å². The van der Waals surface area contributed by atoms with Crippen molar-refractivity contribution in [3.05, 3.63) is 98.2 Å². The molecule has 0 aliphatic rings. The summed E-state index contributed by atoms with van der Waals surface area (Å²) in [5, 5.41) is 17.7. The summed E-state index contributed by atoms with van der Waals surface area (Å²) in [6.07, 6.45) is 0.341. The lowest BCUT2D eigenvalue weighted by atomic mass is 10.1. The van der Waals surface area contributed by atoms with E-state index in [9.17, 15) is 14.7 Å². The molecule has 0 fully saturated rings. The van der Waals surface area contributed by atoms with E-state index in [1.807, 2.05) is 42.5 Å². The van der Waals surface area contributed by atoms with Gasteiger partial charge in [0.1, 0.15) is 5.56 Å². The number of nitrogens with zero attached hydrogens (tertiary/aromatic N) is 2. The monoisotopic (exact) mass is 434 g/mol.